The van der Waals surface area contributed by atoms with Gasteiger partial charge in [0.15, 0.2) is 0 Å². The van der Waals surface area contributed by atoms with E-state index in [0.29, 0.717) is 10.7 Å². The minimum atomic E-state index is -0.547. The van der Waals surface area contributed by atoms with Crippen molar-refractivity contribution in [2.75, 3.05) is 0 Å². The van der Waals surface area contributed by atoms with Gasteiger partial charge in [-0.3, -0.25) is 10.1 Å². The fourth-order valence-corrected chi connectivity index (χ4v) is 1.85. The predicted octanol–water partition coefficient (Wildman–Crippen LogP) is 3.74. The quantitative estimate of drug-likeness (QED) is 0.481. The van der Waals surface area contributed by atoms with Crippen LogP contribution in [0.5, 0.6) is 0 Å². The number of hydrogen-bond acceptors (Lipinski definition) is 3. The summed E-state index contributed by atoms with van der Waals surface area (Å²) in [6, 6.07) is 3.12. The third-order valence-corrected chi connectivity index (χ3v) is 3.33. The summed E-state index contributed by atoms with van der Waals surface area (Å²) in [4.78, 5) is 9.98. The van der Waals surface area contributed by atoms with Crippen molar-refractivity contribution in [1.82, 2.24) is 9.78 Å². The molecule has 0 spiro atoms. The van der Waals surface area contributed by atoms with E-state index in [1.165, 1.54) is 10.9 Å². The molecule has 1 aromatic heterocycles. The molecule has 88 valence electrons. The Morgan fingerprint density at radius 2 is 1.94 bits per heavy atom. The summed E-state index contributed by atoms with van der Waals surface area (Å²) in [5, 5.41) is 15.0. The highest BCUT2D eigenvalue weighted by Gasteiger charge is 2.14. The van der Waals surface area contributed by atoms with E-state index in [9.17, 15) is 10.1 Å². The second kappa shape index (κ2) is 4.52. The zero-order valence-electron chi connectivity index (χ0n) is 8.10. The number of hydrogen-bond donors (Lipinski definition) is 0. The Kier molecular flexibility index (Phi) is 3.24. The minimum absolute atomic E-state index is 0.132. The molecule has 0 atom stereocenters. The Morgan fingerprint density at radius 1 is 1.24 bits per heavy atom. The fourth-order valence-electron chi connectivity index (χ4n) is 1.23. The van der Waals surface area contributed by atoms with E-state index < -0.39 is 4.92 Å². The number of halogens is 3. The highest BCUT2D eigenvalue weighted by atomic mass is 35.5. The van der Waals surface area contributed by atoms with Crippen molar-refractivity contribution in [3.63, 3.8) is 0 Å². The molecule has 0 unspecified atom stereocenters. The van der Waals surface area contributed by atoms with Gasteiger partial charge in [0.1, 0.15) is 12.4 Å². The summed E-state index contributed by atoms with van der Waals surface area (Å²) < 4.78 is 1.27. The van der Waals surface area contributed by atoms with Crippen LogP contribution in [0.2, 0.25) is 15.1 Å². The molecule has 0 bridgehead atoms. The van der Waals surface area contributed by atoms with Crippen molar-refractivity contribution < 1.29 is 4.92 Å². The van der Waals surface area contributed by atoms with Gasteiger partial charge >= 0.3 is 5.69 Å². The molecular weight excluding hydrogens is 288 g/mol. The number of nitrogens with zero attached hydrogens (tertiary/aromatic N) is 3. The topological polar surface area (TPSA) is 61.0 Å². The van der Waals surface area contributed by atoms with Gasteiger partial charge in [-0.15, -0.1) is 0 Å². The van der Waals surface area contributed by atoms with Crippen LogP contribution in [0.1, 0.15) is 0 Å². The smallest absolute Gasteiger partial charge is 0.258 e. The van der Waals surface area contributed by atoms with E-state index in [2.05, 4.69) is 5.10 Å². The summed E-state index contributed by atoms with van der Waals surface area (Å²) in [6.45, 7) is 0. The van der Waals surface area contributed by atoms with Gasteiger partial charge in [-0.2, -0.15) is 5.10 Å². The zero-order valence-corrected chi connectivity index (χ0v) is 10.4. The van der Waals surface area contributed by atoms with E-state index in [1.807, 2.05) is 0 Å². The van der Waals surface area contributed by atoms with Gasteiger partial charge in [-0.1, -0.05) is 34.8 Å². The maximum Gasteiger partial charge on any atom is 0.307 e. The van der Waals surface area contributed by atoms with Gasteiger partial charge in [-0.25, -0.2) is 4.68 Å². The summed E-state index contributed by atoms with van der Waals surface area (Å²) >= 11 is 17.6. The maximum absolute atomic E-state index is 10.5. The third-order valence-electron chi connectivity index (χ3n) is 2.04. The van der Waals surface area contributed by atoms with Crippen LogP contribution in [0, 0.1) is 10.1 Å². The first kappa shape index (κ1) is 12.2. The number of nitro groups is 1. The van der Waals surface area contributed by atoms with E-state index >= 15 is 0 Å². The van der Waals surface area contributed by atoms with Gasteiger partial charge in [0, 0.05) is 0 Å². The molecule has 2 rings (SSSR count). The Balaban J connectivity index is 2.53. The van der Waals surface area contributed by atoms with Gasteiger partial charge < -0.3 is 0 Å². The molecule has 0 aliphatic heterocycles. The molecule has 0 aliphatic rings. The van der Waals surface area contributed by atoms with Crippen LogP contribution in [0.25, 0.3) is 5.69 Å². The molecule has 1 aromatic carbocycles. The van der Waals surface area contributed by atoms with Crippen molar-refractivity contribution in [3.05, 3.63) is 49.7 Å². The molecule has 0 radical (unpaired) electrons. The van der Waals surface area contributed by atoms with E-state index in [-0.39, 0.29) is 15.7 Å². The summed E-state index contributed by atoms with van der Waals surface area (Å²) in [7, 11) is 0. The summed E-state index contributed by atoms with van der Waals surface area (Å²) in [5.74, 6) is 0. The van der Waals surface area contributed by atoms with E-state index in [1.54, 1.807) is 12.1 Å². The molecular formula is C9H4Cl3N3O2. The minimum Gasteiger partial charge on any atom is -0.258 e. The van der Waals surface area contributed by atoms with E-state index in [4.69, 9.17) is 34.8 Å². The standard InChI is InChI=1S/C9H4Cl3N3O2/c10-6-1-2-7(9(12)8(6)11)14-4-5(3-13-14)15(16)17/h1-4H. The number of aromatic nitrogens is 2. The van der Waals surface area contributed by atoms with Crippen molar-refractivity contribution in [1.29, 1.82) is 0 Å². The molecule has 1 heterocycles. The second-order valence-electron chi connectivity index (χ2n) is 3.09. The number of rotatable bonds is 2. The van der Waals surface area contributed by atoms with Gasteiger partial charge in [0.2, 0.25) is 0 Å². The largest absolute Gasteiger partial charge is 0.307 e. The second-order valence-corrected chi connectivity index (χ2v) is 4.26. The van der Waals surface area contributed by atoms with Crippen molar-refractivity contribution >= 4 is 40.5 Å². The lowest BCUT2D eigenvalue weighted by Gasteiger charge is -2.06. The lowest BCUT2D eigenvalue weighted by molar-refractivity contribution is -0.384. The molecule has 17 heavy (non-hydrogen) atoms. The predicted molar refractivity (Wildman–Crippen MR) is 65.2 cm³/mol. The Bertz CT molecular complexity index is 597. The lowest BCUT2D eigenvalue weighted by atomic mass is 10.3. The van der Waals surface area contributed by atoms with Crippen LogP contribution in [0.3, 0.4) is 0 Å². The first-order valence-electron chi connectivity index (χ1n) is 4.33. The molecule has 0 saturated heterocycles. The van der Waals surface area contributed by atoms with E-state index in [0.717, 1.165) is 6.20 Å². The first-order chi connectivity index (χ1) is 8.00. The van der Waals surface area contributed by atoms with Gasteiger partial charge in [0.25, 0.3) is 0 Å². The Labute approximate surface area is 111 Å². The molecule has 0 N–H and O–H groups in total. The highest BCUT2D eigenvalue weighted by molar-refractivity contribution is 6.48. The molecule has 2 aromatic rings. The average Bonchev–Trinajstić information content (AvgIpc) is 2.75. The molecule has 0 saturated carbocycles. The number of benzene rings is 1. The summed E-state index contributed by atoms with van der Waals surface area (Å²) in [6.07, 6.45) is 2.37. The molecule has 8 heteroatoms. The maximum atomic E-state index is 10.5. The van der Waals surface area contributed by atoms with Gasteiger partial charge in [-0.05, 0) is 12.1 Å². The first-order valence-corrected chi connectivity index (χ1v) is 5.47. The summed E-state index contributed by atoms with van der Waals surface area (Å²) in [5.41, 5.74) is 0.293. The van der Waals surface area contributed by atoms with Crippen molar-refractivity contribution in [3.8, 4) is 5.69 Å². The molecule has 0 amide bonds. The van der Waals surface area contributed by atoms with Gasteiger partial charge in [0.05, 0.1) is 25.7 Å². The lowest BCUT2D eigenvalue weighted by Crippen LogP contribution is -1.95. The van der Waals surface area contributed by atoms with Crippen molar-refractivity contribution in [2.45, 2.75) is 0 Å². The fraction of sp³-hybridized carbons (Fsp3) is 0. The molecule has 5 nitrogen and oxygen atoms in total. The van der Waals surface area contributed by atoms with Crippen molar-refractivity contribution in [2.24, 2.45) is 0 Å². The molecule has 0 fully saturated rings. The van der Waals surface area contributed by atoms with Crippen LogP contribution in [0.15, 0.2) is 24.5 Å². The normalized spacial score (nSPS) is 10.5. The van der Waals surface area contributed by atoms with Crippen LogP contribution in [-0.4, -0.2) is 14.7 Å². The SMILES string of the molecule is O=[N+]([O-])c1cnn(-c2ccc(Cl)c(Cl)c2Cl)c1. The highest BCUT2D eigenvalue weighted by Crippen LogP contribution is 2.34. The van der Waals surface area contributed by atoms with Crippen LogP contribution >= 0.6 is 34.8 Å². The average molecular weight is 293 g/mol. The van der Waals surface area contributed by atoms with Crippen LogP contribution in [0.4, 0.5) is 5.69 Å². The van der Waals surface area contributed by atoms with Crippen LogP contribution < -0.4 is 0 Å². The third kappa shape index (κ3) is 2.22. The Morgan fingerprint density at radius 3 is 2.53 bits per heavy atom. The Hall–Kier alpha value is -1.30. The zero-order chi connectivity index (χ0) is 12.6. The van der Waals surface area contributed by atoms with Crippen LogP contribution in [-0.2, 0) is 0 Å². The monoisotopic (exact) mass is 291 g/mol. The molecule has 0 aliphatic carbocycles.